The third-order valence-electron chi connectivity index (χ3n) is 2.09. The minimum atomic E-state index is 0.294. The van der Waals surface area contributed by atoms with E-state index in [-0.39, 0.29) is 0 Å². The van der Waals surface area contributed by atoms with Gasteiger partial charge in [0.15, 0.2) is 0 Å². The Balaban J connectivity index is 3.50. The molecular weight excluding hydrogens is 166 g/mol. The molecular formula is C10H23NO2. The summed E-state index contributed by atoms with van der Waals surface area (Å²) in [7, 11) is 3.70. The molecule has 0 heterocycles. The van der Waals surface area contributed by atoms with E-state index in [1.54, 1.807) is 7.11 Å². The van der Waals surface area contributed by atoms with Crippen LogP contribution in [0.5, 0.6) is 0 Å². The predicted octanol–water partition coefficient (Wildman–Crippen LogP) is 1.43. The Labute approximate surface area is 81.8 Å². The quantitative estimate of drug-likeness (QED) is 0.586. The molecule has 0 fully saturated rings. The summed E-state index contributed by atoms with van der Waals surface area (Å²) in [6.45, 7) is 5.81. The summed E-state index contributed by atoms with van der Waals surface area (Å²) in [6, 6.07) is 0.404. The molecule has 0 radical (unpaired) electrons. The lowest BCUT2D eigenvalue weighted by Crippen LogP contribution is -2.34. The van der Waals surface area contributed by atoms with Crippen molar-refractivity contribution >= 4 is 0 Å². The van der Waals surface area contributed by atoms with Crippen molar-refractivity contribution in [1.29, 1.82) is 0 Å². The molecule has 1 N–H and O–H groups in total. The van der Waals surface area contributed by atoms with E-state index in [9.17, 15) is 0 Å². The summed E-state index contributed by atoms with van der Waals surface area (Å²) >= 11 is 0. The van der Waals surface area contributed by atoms with Crippen LogP contribution >= 0.6 is 0 Å². The number of hydrogen-bond donors (Lipinski definition) is 1. The molecule has 0 aromatic rings. The van der Waals surface area contributed by atoms with Crippen molar-refractivity contribution < 1.29 is 9.47 Å². The highest BCUT2D eigenvalue weighted by Crippen LogP contribution is 2.01. The molecule has 0 rings (SSSR count). The van der Waals surface area contributed by atoms with E-state index < -0.39 is 0 Å². The van der Waals surface area contributed by atoms with E-state index in [0.717, 1.165) is 26.1 Å². The third kappa shape index (κ3) is 6.99. The van der Waals surface area contributed by atoms with Crippen LogP contribution < -0.4 is 5.32 Å². The first kappa shape index (κ1) is 12.9. The maximum atomic E-state index is 5.46. The van der Waals surface area contributed by atoms with Gasteiger partial charge in [-0.15, -0.1) is 0 Å². The minimum Gasteiger partial charge on any atom is -0.382 e. The second-order valence-electron chi connectivity index (χ2n) is 3.34. The fraction of sp³-hybridized carbons (Fsp3) is 1.00. The van der Waals surface area contributed by atoms with Crippen molar-refractivity contribution in [2.45, 2.75) is 38.8 Å². The van der Waals surface area contributed by atoms with Gasteiger partial charge in [0, 0.05) is 19.8 Å². The van der Waals surface area contributed by atoms with Gasteiger partial charge in [-0.1, -0.05) is 6.92 Å². The molecule has 0 saturated carbocycles. The van der Waals surface area contributed by atoms with Gasteiger partial charge in [0.1, 0.15) is 0 Å². The summed E-state index contributed by atoms with van der Waals surface area (Å²) in [5, 5.41) is 3.22. The Morgan fingerprint density at radius 2 is 2.08 bits per heavy atom. The fourth-order valence-electron chi connectivity index (χ4n) is 1.14. The first-order valence-electron chi connectivity index (χ1n) is 5.02. The van der Waals surface area contributed by atoms with Gasteiger partial charge in [-0.2, -0.15) is 0 Å². The Bertz CT molecular complexity index is 109. The van der Waals surface area contributed by atoms with Crippen LogP contribution in [0.4, 0.5) is 0 Å². The van der Waals surface area contributed by atoms with E-state index in [1.165, 1.54) is 0 Å². The summed E-state index contributed by atoms with van der Waals surface area (Å²) in [4.78, 5) is 0. The lowest BCUT2D eigenvalue weighted by Gasteiger charge is -2.19. The molecule has 13 heavy (non-hydrogen) atoms. The van der Waals surface area contributed by atoms with Crippen LogP contribution in [0, 0.1) is 0 Å². The Morgan fingerprint density at radius 1 is 1.38 bits per heavy atom. The molecule has 3 nitrogen and oxygen atoms in total. The monoisotopic (exact) mass is 189 g/mol. The molecule has 0 saturated heterocycles. The van der Waals surface area contributed by atoms with E-state index in [1.807, 2.05) is 7.05 Å². The summed E-state index contributed by atoms with van der Waals surface area (Å²) in [6.07, 6.45) is 2.37. The molecule has 3 heteroatoms. The lowest BCUT2D eigenvalue weighted by atomic mass is 10.1. The second-order valence-corrected chi connectivity index (χ2v) is 3.34. The summed E-state index contributed by atoms with van der Waals surface area (Å²) < 4.78 is 10.7. The van der Waals surface area contributed by atoms with Gasteiger partial charge in [0.2, 0.25) is 0 Å². The molecule has 2 atom stereocenters. The summed E-state index contributed by atoms with van der Waals surface area (Å²) in [5.74, 6) is 0. The smallest absolute Gasteiger partial charge is 0.0620 e. The van der Waals surface area contributed by atoms with Gasteiger partial charge < -0.3 is 14.8 Å². The van der Waals surface area contributed by atoms with Crippen LogP contribution in [0.2, 0.25) is 0 Å². The van der Waals surface area contributed by atoms with Crippen LogP contribution in [-0.4, -0.2) is 39.5 Å². The van der Waals surface area contributed by atoms with Gasteiger partial charge in [-0.05, 0) is 26.8 Å². The van der Waals surface area contributed by atoms with Gasteiger partial charge in [-0.25, -0.2) is 0 Å². The largest absolute Gasteiger partial charge is 0.382 e. The topological polar surface area (TPSA) is 30.5 Å². The van der Waals surface area contributed by atoms with Crippen molar-refractivity contribution in [3.63, 3.8) is 0 Å². The maximum Gasteiger partial charge on any atom is 0.0620 e. The molecule has 2 unspecified atom stereocenters. The van der Waals surface area contributed by atoms with Crippen molar-refractivity contribution in [2.24, 2.45) is 0 Å². The van der Waals surface area contributed by atoms with Crippen molar-refractivity contribution in [3.05, 3.63) is 0 Å². The average molecular weight is 189 g/mol. The molecule has 0 aliphatic carbocycles. The van der Waals surface area contributed by atoms with Crippen LogP contribution in [0.15, 0.2) is 0 Å². The standard InChI is InChI=1S/C10H23NO2/c1-5-6-13-8-10(11-3)7-9(2)12-4/h9-11H,5-8H2,1-4H3. The number of hydrogen-bond acceptors (Lipinski definition) is 3. The number of rotatable bonds is 8. The van der Waals surface area contributed by atoms with Gasteiger partial charge in [0.25, 0.3) is 0 Å². The Hall–Kier alpha value is -0.120. The highest BCUT2D eigenvalue weighted by Gasteiger charge is 2.10. The van der Waals surface area contributed by atoms with Crippen LogP contribution in [-0.2, 0) is 9.47 Å². The van der Waals surface area contributed by atoms with Crippen LogP contribution in [0.1, 0.15) is 26.7 Å². The van der Waals surface area contributed by atoms with Crippen molar-refractivity contribution in [3.8, 4) is 0 Å². The SMILES string of the molecule is CCCOCC(CC(C)OC)NC. The highest BCUT2D eigenvalue weighted by atomic mass is 16.5. The normalized spacial score (nSPS) is 15.7. The van der Waals surface area contributed by atoms with Gasteiger partial charge in [0.05, 0.1) is 12.7 Å². The zero-order chi connectivity index (χ0) is 10.1. The number of methoxy groups -OCH3 is 1. The molecule has 0 bridgehead atoms. The van der Waals surface area contributed by atoms with E-state index in [0.29, 0.717) is 12.1 Å². The number of ether oxygens (including phenoxy) is 2. The van der Waals surface area contributed by atoms with E-state index in [2.05, 4.69) is 19.2 Å². The molecule has 0 aliphatic rings. The van der Waals surface area contributed by atoms with E-state index in [4.69, 9.17) is 9.47 Å². The lowest BCUT2D eigenvalue weighted by molar-refractivity contribution is 0.0678. The van der Waals surface area contributed by atoms with Crippen LogP contribution in [0.25, 0.3) is 0 Å². The first-order valence-corrected chi connectivity index (χ1v) is 5.02. The molecule has 0 spiro atoms. The molecule has 0 amide bonds. The zero-order valence-corrected chi connectivity index (χ0v) is 9.30. The predicted molar refractivity (Wildman–Crippen MR) is 55.0 cm³/mol. The first-order chi connectivity index (χ1) is 6.24. The third-order valence-corrected chi connectivity index (χ3v) is 2.09. The minimum absolute atomic E-state index is 0.294. The highest BCUT2D eigenvalue weighted by molar-refractivity contribution is 4.67. The van der Waals surface area contributed by atoms with E-state index >= 15 is 0 Å². The van der Waals surface area contributed by atoms with Crippen molar-refractivity contribution in [2.75, 3.05) is 27.4 Å². The maximum absolute atomic E-state index is 5.46. The molecule has 0 aromatic heterocycles. The zero-order valence-electron chi connectivity index (χ0n) is 9.30. The van der Waals surface area contributed by atoms with Crippen LogP contribution in [0.3, 0.4) is 0 Å². The molecule has 0 aliphatic heterocycles. The van der Waals surface area contributed by atoms with Gasteiger partial charge in [-0.3, -0.25) is 0 Å². The molecule has 0 aromatic carbocycles. The second kappa shape index (κ2) is 8.48. The molecule has 80 valence electrons. The van der Waals surface area contributed by atoms with Gasteiger partial charge >= 0.3 is 0 Å². The Kier molecular flexibility index (Phi) is 8.40. The fourth-order valence-corrected chi connectivity index (χ4v) is 1.14. The number of likely N-dealkylation sites (N-methyl/N-ethyl adjacent to an activating group) is 1. The number of nitrogens with one attached hydrogen (secondary N) is 1. The average Bonchev–Trinajstić information content (AvgIpc) is 2.16. The Morgan fingerprint density at radius 3 is 2.54 bits per heavy atom. The summed E-state index contributed by atoms with van der Waals surface area (Å²) in [5.41, 5.74) is 0. The van der Waals surface area contributed by atoms with Crippen molar-refractivity contribution in [1.82, 2.24) is 5.32 Å².